The predicted octanol–water partition coefficient (Wildman–Crippen LogP) is 2.63. The van der Waals surface area contributed by atoms with Crippen molar-refractivity contribution in [3.63, 3.8) is 0 Å². The third kappa shape index (κ3) is 4.41. The predicted molar refractivity (Wildman–Crippen MR) is 115 cm³/mol. The zero-order valence-electron chi connectivity index (χ0n) is 17.9. The van der Waals surface area contributed by atoms with Gasteiger partial charge in [-0.3, -0.25) is 29.1 Å². The minimum Gasteiger partial charge on any atom is -0.348 e. The smallest absolute Gasteiger partial charge is 0.348 e. The summed E-state index contributed by atoms with van der Waals surface area (Å²) in [5.41, 5.74) is -0.906. The normalized spacial score (nSPS) is 16.4. The number of nitrogens with zero attached hydrogens (tertiary/aromatic N) is 2. The van der Waals surface area contributed by atoms with Gasteiger partial charge in [-0.05, 0) is 43.2 Å². The minimum atomic E-state index is -4.59. The number of hydrogen-bond donors (Lipinski definition) is 2. The monoisotopic (exact) mass is 472 g/mol. The SMILES string of the molecule is Cc1nc2cccc(CNC(=O)c3cccc(C(F)(F)F)c3)c2c(=O)n1[C@@H]1CCC(=O)NC1=O. The largest absolute Gasteiger partial charge is 0.416 e. The molecule has 0 radical (unpaired) electrons. The highest BCUT2D eigenvalue weighted by Crippen LogP contribution is 2.29. The van der Waals surface area contributed by atoms with E-state index in [1.807, 2.05) is 0 Å². The number of amides is 3. The van der Waals surface area contributed by atoms with Gasteiger partial charge in [0.05, 0.1) is 16.5 Å². The van der Waals surface area contributed by atoms with Gasteiger partial charge >= 0.3 is 6.18 Å². The molecule has 4 rings (SSSR count). The summed E-state index contributed by atoms with van der Waals surface area (Å²) in [6.45, 7) is 1.42. The van der Waals surface area contributed by atoms with E-state index in [2.05, 4.69) is 15.6 Å². The molecule has 2 N–H and O–H groups in total. The molecule has 0 saturated carbocycles. The lowest BCUT2D eigenvalue weighted by Crippen LogP contribution is -2.45. The number of imide groups is 1. The number of nitrogens with one attached hydrogen (secondary N) is 2. The highest BCUT2D eigenvalue weighted by atomic mass is 19.4. The van der Waals surface area contributed by atoms with E-state index in [0.717, 1.165) is 18.2 Å². The van der Waals surface area contributed by atoms with Crippen molar-refractivity contribution >= 4 is 28.6 Å². The Kier molecular flexibility index (Phi) is 5.94. The zero-order chi connectivity index (χ0) is 24.6. The summed E-state index contributed by atoms with van der Waals surface area (Å²) in [6.07, 6.45) is -4.36. The lowest BCUT2D eigenvalue weighted by Gasteiger charge is -2.24. The Bertz CT molecular complexity index is 1380. The Balaban J connectivity index is 1.66. The van der Waals surface area contributed by atoms with Crippen LogP contribution in [-0.2, 0) is 22.3 Å². The van der Waals surface area contributed by atoms with Gasteiger partial charge in [0.25, 0.3) is 11.5 Å². The van der Waals surface area contributed by atoms with E-state index in [9.17, 15) is 32.3 Å². The molecule has 176 valence electrons. The van der Waals surface area contributed by atoms with Crippen molar-refractivity contribution < 1.29 is 27.6 Å². The number of alkyl halides is 3. The molecule has 1 fully saturated rings. The fraction of sp³-hybridized carbons (Fsp3) is 0.261. The molecule has 0 spiro atoms. The molecule has 1 saturated heterocycles. The molecule has 1 aliphatic heterocycles. The van der Waals surface area contributed by atoms with Crippen LogP contribution in [-0.4, -0.2) is 27.3 Å². The van der Waals surface area contributed by atoms with Crippen LogP contribution in [0.3, 0.4) is 0 Å². The average Bonchev–Trinajstić information content (AvgIpc) is 2.78. The Hall–Kier alpha value is -4.02. The molecule has 0 aliphatic carbocycles. The number of rotatable bonds is 4. The maximum Gasteiger partial charge on any atom is 0.416 e. The number of benzene rings is 2. The van der Waals surface area contributed by atoms with Gasteiger partial charge in [0.15, 0.2) is 0 Å². The molecule has 3 aromatic rings. The van der Waals surface area contributed by atoms with E-state index >= 15 is 0 Å². The number of piperidine rings is 1. The van der Waals surface area contributed by atoms with Crippen molar-refractivity contribution in [3.05, 3.63) is 75.3 Å². The Morgan fingerprint density at radius 3 is 2.62 bits per heavy atom. The van der Waals surface area contributed by atoms with Gasteiger partial charge in [-0.15, -0.1) is 0 Å². The highest BCUT2D eigenvalue weighted by Gasteiger charge is 2.32. The minimum absolute atomic E-state index is 0.0784. The Labute approximate surface area is 190 Å². The maximum atomic E-state index is 13.4. The highest BCUT2D eigenvalue weighted by molar-refractivity contribution is 5.99. The van der Waals surface area contributed by atoms with Crippen molar-refractivity contribution in [2.24, 2.45) is 0 Å². The van der Waals surface area contributed by atoms with Gasteiger partial charge in [0.1, 0.15) is 11.9 Å². The number of aromatic nitrogens is 2. The second-order valence-electron chi connectivity index (χ2n) is 7.87. The van der Waals surface area contributed by atoms with Gasteiger partial charge in [-0.25, -0.2) is 4.98 Å². The van der Waals surface area contributed by atoms with E-state index < -0.39 is 41.1 Å². The van der Waals surface area contributed by atoms with E-state index in [4.69, 9.17) is 0 Å². The summed E-state index contributed by atoms with van der Waals surface area (Å²) in [4.78, 5) is 54.1. The molecule has 1 aromatic heterocycles. The van der Waals surface area contributed by atoms with Crippen molar-refractivity contribution in [2.75, 3.05) is 0 Å². The van der Waals surface area contributed by atoms with Gasteiger partial charge in [0.2, 0.25) is 11.8 Å². The molecule has 3 amide bonds. The van der Waals surface area contributed by atoms with Crippen LogP contribution in [0.25, 0.3) is 10.9 Å². The number of aryl methyl sites for hydroxylation is 1. The van der Waals surface area contributed by atoms with Crippen LogP contribution in [0.1, 0.15) is 46.2 Å². The van der Waals surface area contributed by atoms with Crippen LogP contribution in [0.4, 0.5) is 13.2 Å². The first-order chi connectivity index (χ1) is 16.1. The van der Waals surface area contributed by atoms with Crippen LogP contribution in [0, 0.1) is 6.92 Å². The van der Waals surface area contributed by atoms with E-state index in [0.29, 0.717) is 11.1 Å². The summed E-state index contributed by atoms with van der Waals surface area (Å²) in [5.74, 6) is -1.47. The molecule has 1 aliphatic rings. The topological polar surface area (TPSA) is 110 Å². The third-order valence-corrected chi connectivity index (χ3v) is 5.61. The van der Waals surface area contributed by atoms with Crippen molar-refractivity contribution in [3.8, 4) is 0 Å². The van der Waals surface area contributed by atoms with Gasteiger partial charge in [-0.1, -0.05) is 18.2 Å². The van der Waals surface area contributed by atoms with E-state index in [1.54, 1.807) is 25.1 Å². The van der Waals surface area contributed by atoms with Crippen LogP contribution in [0.15, 0.2) is 47.3 Å². The Morgan fingerprint density at radius 1 is 1.18 bits per heavy atom. The van der Waals surface area contributed by atoms with Gasteiger partial charge < -0.3 is 5.32 Å². The van der Waals surface area contributed by atoms with Gasteiger partial charge in [-0.2, -0.15) is 13.2 Å². The summed E-state index contributed by atoms with van der Waals surface area (Å²) in [7, 11) is 0. The molecule has 2 aromatic carbocycles. The quantitative estimate of drug-likeness (QED) is 0.568. The van der Waals surface area contributed by atoms with Crippen LogP contribution in [0.5, 0.6) is 0 Å². The average molecular weight is 472 g/mol. The first-order valence-electron chi connectivity index (χ1n) is 10.4. The molecule has 0 bridgehead atoms. The lowest BCUT2D eigenvalue weighted by molar-refractivity contribution is -0.138. The molecule has 11 heteroatoms. The van der Waals surface area contributed by atoms with E-state index in [1.165, 1.54) is 10.6 Å². The van der Waals surface area contributed by atoms with Crippen LogP contribution < -0.4 is 16.2 Å². The second kappa shape index (κ2) is 8.73. The number of hydrogen-bond acceptors (Lipinski definition) is 5. The first-order valence-corrected chi connectivity index (χ1v) is 10.4. The molecule has 0 unspecified atom stereocenters. The summed E-state index contributed by atoms with van der Waals surface area (Å²) in [6, 6.07) is 7.94. The number of halogens is 3. The molecule has 2 heterocycles. The molecule has 1 atom stereocenters. The third-order valence-electron chi connectivity index (χ3n) is 5.61. The maximum absolute atomic E-state index is 13.4. The lowest BCUT2D eigenvalue weighted by atomic mass is 10.0. The summed E-state index contributed by atoms with van der Waals surface area (Å²) < 4.78 is 40.1. The summed E-state index contributed by atoms with van der Waals surface area (Å²) in [5, 5.41) is 4.92. The zero-order valence-corrected chi connectivity index (χ0v) is 17.9. The van der Waals surface area contributed by atoms with Crippen molar-refractivity contribution in [2.45, 2.75) is 38.5 Å². The van der Waals surface area contributed by atoms with Crippen LogP contribution in [0.2, 0.25) is 0 Å². The standard InChI is InChI=1S/C23H19F3N4O4/c1-12-28-16-7-3-5-14(11-27-20(32)13-4-2-6-15(10-13)23(24,25)26)19(16)22(34)30(12)17-8-9-18(31)29-21(17)33/h2-7,10,17H,8-9,11H2,1H3,(H,27,32)(H,29,31,33)/t17-/m1/s1. The van der Waals surface area contributed by atoms with Crippen molar-refractivity contribution in [1.29, 1.82) is 0 Å². The van der Waals surface area contributed by atoms with Gasteiger partial charge in [0, 0.05) is 18.5 Å². The molecule has 34 heavy (non-hydrogen) atoms. The molecular formula is C23H19F3N4O4. The van der Waals surface area contributed by atoms with Crippen LogP contribution >= 0.6 is 0 Å². The molecule has 8 nitrogen and oxygen atoms in total. The second-order valence-corrected chi connectivity index (χ2v) is 7.87. The Morgan fingerprint density at radius 2 is 1.91 bits per heavy atom. The number of carbonyl (C=O) groups is 3. The first kappa shape index (κ1) is 23.1. The molecular weight excluding hydrogens is 453 g/mol. The fourth-order valence-electron chi connectivity index (χ4n) is 3.98. The number of carbonyl (C=O) groups excluding carboxylic acids is 3. The van der Waals surface area contributed by atoms with E-state index in [-0.39, 0.29) is 36.2 Å². The van der Waals surface area contributed by atoms with Crippen molar-refractivity contribution in [1.82, 2.24) is 20.2 Å². The summed E-state index contributed by atoms with van der Waals surface area (Å²) >= 11 is 0. The fourth-order valence-corrected chi connectivity index (χ4v) is 3.98. The number of fused-ring (bicyclic) bond motifs is 1.